The molecular weight excluding hydrogens is 229 g/mol. The molecule has 2 aromatic rings. The van der Waals surface area contributed by atoms with E-state index in [-0.39, 0.29) is 17.9 Å². The molecule has 0 saturated carbocycles. The number of rotatable bonds is 4. The van der Waals surface area contributed by atoms with Gasteiger partial charge in [-0.25, -0.2) is 4.39 Å². The molecule has 2 unspecified atom stereocenters. The summed E-state index contributed by atoms with van der Waals surface area (Å²) < 4.78 is 13.1. The molecule has 0 aliphatic carbocycles. The molecule has 0 aliphatic heterocycles. The molecule has 94 valence electrons. The smallest absolute Gasteiger partial charge is 0.141 e. The lowest BCUT2D eigenvalue weighted by Crippen LogP contribution is -2.22. The van der Waals surface area contributed by atoms with Crippen LogP contribution >= 0.6 is 0 Å². The molecule has 0 radical (unpaired) electrons. The first-order valence-electron chi connectivity index (χ1n) is 5.93. The lowest BCUT2D eigenvalue weighted by atomic mass is 10.1. The lowest BCUT2D eigenvalue weighted by Gasteiger charge is -2.20. The molecule has 2 atom stereocenters. The van der Waals surface area contributed by atoms with Gasteiger partial charge in [0.05, 0.1) is 6.20 Å². The van der Waals surface area contributed by atoms with Gasteiger partial charge in [0.2, 0.25) is 0 Å². The van der Waals surface area contributed by atoms with Gasteiger partial charge in [0.15, 0.2) is 0 Å². The third-order valence-corrected chi connectivity index (χ3v) is 2.91. The van der Waals surface area contributed by atoms with Gasteiger partial charge in [-0.15, -0.1) is 0 Å². The lowest BCUT2D eigenvalue weighted by molar-refractivity contribution is 0.489. The van der Waals surface area contributed by atoms with E-state index in [0.717, 1.165) is 11.1 Å². The maximum Gasteiger partial charge on any atom is 0.141 e. The minimum atomic E-state index is -0.310. The van der Waals surface area contributed by atoms with Crippen molar-refractivity contribution >= 4 is 0 Å². The average Bonchev–Trinajstić information content (AvgIpc) is 2.39. The van der Waals surface area contributed by atoms with E-state index >= 15 is 0 Å². The Labute approximate surface area is 106 Å². The van der Waals surface area contributed by atoms with E-state index in [4.69, 9.17) is 0 Å². The van der Waals surface area contributed by atoms with Gasteiger partial charge in [-0.1, -0.05) is 6.07 Å². The predicted octanol–water partition coefficient (Wildman–Crippen LogP) is 3.03. The summed E-state index contributed by atoms with van der Waals surface area (Å²) in [5.41, 5.74) is 1.94. The van der Waals surface area contributed by atoms with Gasteiger partial charge in [0.25, 0.3) is 0 Å². The van der Waals surface area contributed by atoms with Crippen LogP contribution in [0.1, 0.15) is 37.1 Å². The van der Waals surface area contributed by atoms with Crippen molar-refractivity contribution in [3.05, 3.63) is 59.9 Å². The van der Waals surface area contributed by atoms with Crippen LogP contribution in [-0.4, -0.2) is 9.97 Å². The maximum atomic E-state index is 13.1. The Hall–Kier alpha value is -1.81. The molecule has 18 heavy (non-hydrogen) atoms. The Balaban J connectivity index is 2.05. The van der Waals surface area contributed by atoms with Crippen LogP contribution in [0.4, 0.5) is 4.39 Å². The number of aromatic nitrogens is 2. The monoisotopic (exact) mass is 245 g/mol. The van der Waals surface area contributed by atoms with Crippen molar-refractivity contribution in [2.24, 2.45) is 0 Å². The fourth-order valence-electron chi connectivity index (χ4n) is 1.86. The Bertz CT molecular complexity index is 501. The largest absolute Gasteiger partial charge is 0.304 e. The highest BCUT2D eigenvalue weighted by Gasteiger charge is 2.11. The number of nitrogens with one attached hydrogen (secondary N) is 1. The Kier molecular flexibility index (Phi) is 3.99. The molecule has 0 aliphatic rings. The van der Waals surface area contributed by atoms with Crippen LogP contribution in [0.2, 0.25) is 0 Å². The van der Waals surface area contributed by atoms with Crippen LogP contribution in [0.25, 0.3) is 0 Å². The van der Waals surface area contributed by atoms with Crippen molar-refractivity contribution in [1.82, 2.24) is 15.3 Å². The second-order valence-corrected chi connectivity index (χ2v) is 4.33. The van der Waals surface area contributed by atoms with E-state index in [2.05, 4.69) is 22.2 Å². The standard InChI is InChI=1S/C14H16FN3/c1-10(12-4-3-5-16-7-12)18-11(2)13-6-14(15)9-17-8-13/h3-11,18H,1-2H3. The summed E-state index contributed by atoms with van der Waals surface area (Å²) >= 11 is 0. The summed E-state index contributed by atoms with van der Waals surface area (Å²) in [6, 6.07) is 5.60. The van der Waals surface area contributed by atoms with E-state index in [1.807, 2.05) is 25.3 Å². The third kappa shape index (κ3) is 3.11. The summed E-state index contributed by atoms with van der Waals surface area (Å²) in [4.78, 5) is 7.95. The van der Waals surface area contributed by atoms with Gasteiger partial charge in [-0.3, -0.25) is 9.97 Å². The minimum absolute atomic E-state index is 0.0309. The van der Waals surface area contributed by atoms with Crippen LogP contribution in [0, 0.1) is 5.82 Å². The number of hydrogen-bond donors (Lipinski definition) is 1. The van der Waals surface area contributed by atoms with E-state index < -0.39 is 0 Å². The molecule has 4 heteroatoms. The first-order chi connectivity index (χ1) is 8.66. The molecule has 1 N–H and O–H groups in total. The number of halogens is 1. The highest BCUT2D eigenvalue weighted by atomic mass is 19.1. The summed E-state index contributed by atoms with van der Waals surface area (Å²) in [6.45, 7) is 4.05. The van der Waals surface area contributed by atoms with Crippen molar-refractivity contribution in [1.29, 1.82) is 0 Å². The Morgan fingerprint density at radius 1 is 1.06 bits per heavy atom. The second-order valence-electron chi connectivity index (χ2n) is 4.33. The van der Waals surface area contributed by atoms with Crippen molar-refractivity contribution in [3.63, 3.8) is 0 Å². The van der Waals surface area contributed by atoms with Crippen LogP contribution in [-0.2, 0) is 0 Å². The Morgan fingerprint density at radius 2 is 1.78 bits per heavy atom. The highest BCUT2D eigenvalue weighted by Crippen LogP contribution is 2.18. The first-order valence-corrected chi connectivity index (χ1v) is 5.93. The molecule has 2 heterocycles. The van der Waals surface area contributed by atoms with Gasteiger partial charge < -0.3 is 5.32 Å². The second kappa shape index (κ2) is 5.69. The summed E-state index contributed by atoms with van der Waals surface area (Å²) in [6.07, 6.45) is 6.46. The van der Waals surface area contributed by atoms with Crippen LogP contribution < -0.4 is 5.32 Å². The fraction of sp³-hybridized carbons (Fsp3) is 0.286. The maximum absolute atomic E-state index is 13.1. The number of hydrogen-bond acceptors (Lipinski definition) is 3. The summed E-state index contributed by atoms with van der Waals surface area (Å²) in [7, 11) is 0. The zero-order valence-corrected chi connectivity index (χ0v) is 10.5. The average molecular weight is 245 g/mol. The van der Waals surface area contributed by atoms with Crippen molar-refractivity contribution < 1.29 is 4.39 Å². The van der Waals surface area contributed by atoms with Crippen LogP contribution in [0.15, 0.2) is 43.0 Å². The molecule has 2 aromatic heterocycles. The Morgan fingerprint density at radius 3 is 2.44 bits per heavy atom. The van der Waals surface area contributed by atoms with Crippen LogP contribution in [0.5, 0.6) is 0 Å². The predicted molar refractivity (Wildman–Crippen MR) is 68.4 cm³/mol. The normalized spacial score (nSPS) is 14.2. The van der Waals surface area contributed by atoms with E-state index in [1.165, 1.54) is 12.3 Å². The molecule has 2 rings (SSSR count). The van der Waals surface area contributed by atoms with Crippen molar-refractivity contribution in [3.8, 4) is 0 Å². The molecule has 0 spiro atoms. The molecule has 0 amide bonds. The summed E-state index contributed by atoms with van der Waals surface area (Å²) in [5.74, 6) is -0.310. The zero-order chi connectivity index (χ0) is 13.0. The topological polar surface area (TPSA) is 37.8 Å². The van der Waals surface area contributed by atoms with Crippen LogP contribution in [0.3, 0.4) is 0 Å². The number of nitrogens with zero attached hydrogens (tertiary/aromatic N) is 2. The first kappa shape index (κ1) is 12.6. The minimum Gasteiger partial charge on any atom is -0.304 e. The number of pyridine rings is 2. The van der Waals surface area contributed by atoms with Crippen molar-refractivity contribution in [2.75, 3.05) is 0 Å². The highest BCUT2D eigenvalue weighted by molar-refractivity contribution is 5.17. The van der Waals surface area contributed by atoms with E-state index in [1.54, 1.807) is 12.4 Å². The molecule has 0 fully saturated rings. The van der Waals surface area contributed by atoms with Gasteiger partial charge in [0.1, 0.15) is 5.82 Å². The van der Waals surface area contributed by atoms with Gasteiger partial charge >= 0.3 is 0 Å². The van der Waals surface area contributed by atoms with Gasteiger partial charge in [0, 0.05) is 30.7 Å². The zero-order valence-electron chi connectivity index (χ0n) is 10.5. The molecule has 0 saturated heterocycles. The third-order valence-electron chi connectivity index (χ3n) is 2.91. The molecule has 0 aromatic carbocycles. The molecular formula is C14H16FN3. The van der Waals surface area contributed by atoms with E-state index in [0.29, 0.717) is 0 Å². The molecule has 0 bridgehead atoms. The van der Waals surface area contributed by atoms with Gasteiger partial charge in [-0.05, 0) is 37.1 Å². The quantitative estimate of drug-likeness (QED) is 0.899. The van der Waals surface area contributed by atoms with Crippen molar-refractivity contribution in [2.45, 2.75) is 25.9 Å². The SMILES string of the molecule is CC(NC(C)c1cncc(F)c1)c1cccnc1. The molecule has 3 nitrogen and oxygen atoms in total. The van der Waals surface area contributed by atoms with Gasteiger partial charge in [-0.2, -0.15) is 0 Å². The summed E-state index contributed by atoms with van der Waals surface area (Å²) in [5, 5.41) is 3.39. The van der Waals surface area contributed by atoms with E-state index in [9.17, 15) is 4.39 Å². The fourth-order valence-corrected chi connectivity index (χ4v) is 1.86.